The number of aliphatic hydroxyl groups is 4. The SMILES string of the molecule is COC(O)(OC)C(CO)(CO)CO. The molecule has 0 heterocycles. The van der Waals surface area contributed by atoms with Gasteiger partial charge in [-0.2, -0.15) is 0 Å². The first-order valence-electron chi connectivity index (χ1n) is 3.71. The maximum Gasteiger partial charge on any atom is 0.292 e. The van der Waals surface area contributed by atoms with Crippen LogP contribution < -0.4 is 0 Å². The summed E-state index contributed by atoms with van der Waals surface area (Å²) in [4.78, 5) is 0. The van der Waals surface area contributed by atoms with E-state index in [-0.39, 0.29) is 0 Å². The summed E-state index contributed by atoms with van der Waals surface area (Å²) in [5, 5.41) is 36.4. The van der Waals surface area contributed by atoms with Crippen LogP contribution in [-0.2, 0) is 9.47 Å². The van der Waals surface area contributed by atoms with Crippen molar-refractivity contribution >= 4 is 0 Å². The van der Waals surface area contributed by atoms with Crippen molar-refractivity contribution in [2.75, 3.05) is 34.0 Å². The normalized spacial score (nSPS) is 13.4. The van der Waals surface area contributed by atoms with Crippen molar-refractivity contribution in [2.24, 2.45) is 5.41 Å². The van der Waals surface area contributed by atoms with Gasteiger partial charge < -0.3 is 29.9 Å². The molecule has 13 heavy (non-hydrogen) atoms. The fourth-order valence-electron chi connectivity index (χ4n) is 0.966. The molecule has 0 aromatic heterocycles. The van der Waals surface area contributed by atoms with Gasteiger partial charge in [0, 0.05) is 14.2 Å². The second-order valence-corrected chi connectivity index (χ2v) is 2.74. The lowest BCUT2D eigenvalue weighted by atomic mass is 9.88. The first-order valence-corrected chi connectivity index (χ1v) is 3.71. The lowest BCUT2D eigenvalue weighted by Gasteiger charge is -2.40. The summed E-state index contributed by atoms with van der Waals surface area (Å²) in [5.74, 6) is -2.20. The van der Waals surface area contributed by atoms with Crippen LogP contribution in [-0.4, -0.2) is 60.4 Å². The minimum absolute atomic E-state index is 0.668. The molecule has 0 amide bonds. The van der Waals surface area contributed by atoms with Crippen molar-refractivity contribution in [1.82, 2.24) is 0 Å². The molecule has 4 N–H and O–H groups in total. The Bertz CT molecular complexity index is 132. The van der Waals surface area contributed by atoms with E-state index in [0.717, 1.165) is 14.2 Å². The van der Waals surface area contributed by atoms with E-state index in [9.17, 15) is 5.11 Å². The van der Waals surface area contributed by atoms with E-state index in [1.54, 1.807) is 0 Å². The molecular formula is C7H16O6. The van der Waals surface area contributed by atoms with Gasteiger partial charge in [0.05, 0.1) is 19.8 Å². The van der Waals surface area contributed by atoms with Crippen LogP contribution in [0.25, 0.3) is 0 Å². The zero-order valence-electron chi connectivity index (χ0n) is 7.73. The van der Waals surface area contributed by atoms with Crippen molar-refractivity contribution < 1.29 is 29.9 Å². The summed E-state index contributed by atoms with van der Waals surface area (Å²) >= 11 is 0. The topological polar surface area (TPSA) is 99.4 Å². The molecule has 0 rings (SSSR count). The molecular weight excluding hydrogens is 180 g/mol. The molecule has 0 saturated heterocycles. The summed E-state index contributed by atoms with van der Waals surface area (Å²) < 4.78 is 9.16. The van der Waals surface area contributed by atoms with Gasteiger partial charge in [0.1, 0.15) is 5.41 Å². The standard InChI is InChI=1S/C7H16O6/c1-12-7(11,13-2)6(3-8,4-9)5-10/h8-11H,3-5H2,1-2H3. The van der Waals surface area contributed by atoms with E-state index in [1.807, 2.05) is 0 Å². The van der Waals surface area contributed by atoms with Crippen LogP contribution >= 0.6 is 0 Å². The van der Waals surface area contributed by atoms with Crippen LogP contribution in [0.15, 0.2) is 0 Å². The molecule has 6 nitrogen and oxygen atoms in total. The molecule has 80 valence electrons. The molecule has 0 aliphatic carbocycles. The number of rotatable bonds is 6. The Hall–Kier alpha value is -0.240. The van der Waals surface area contributed by atoms with Crippen molar-refractivity contribution in [1.29, 1.82) is 0 Å². The number of aliphatic hydroxyl groups excluding tert-OH is 3. The first kappa shape index (κ1) is 12.8. The second-order valence-electron chi connectivity index (χ2n) is 2.74. The van der Waals surface area contributed by atoms with Gasteiger partial charge >= 0.3 is 0 Å². The molecule has 6 heteroatoms. The minimum Gasteiger partial charge on any atom is -0.395 e. The molecule has 0 aliphatic rings. The van der Waals surface area contributed by atoms with Gasteiger partial charge in [-0.1, -0.05) is 0 Å². The average Bonchev–Trinajstić information content (AvgIpc) is 2.20. The summed E-state index contributed by atoms with van der Waals surface area (Å²) in [7, 11) is 2.28. The Morgan fingerprint density at radius 3 is 1.31 bits per heavy atom. The third-order valence-corrected chi connectivity index (χ3v) is 2.13. The van der Waals surface area contributed by atoms with Crippen LogP contribution in [0.2, 0.25) is 0 Å². The summed E-state index contributed by atoms with van der Waals surface area (Å²) in [5.41, 5.74) is -1.64. The van der Waals surface area contributed by atoms with E-state index in [0.29, 0.717) is 0 Å². The van der Waals surface area contributed by atoms with Gasteiger partial charge in [-0.25, -0.2) is 0 Å². The molecule has 0 aromatic rings. The zero-order chi connectivity index (χ0) is 10.5. The lowest BCUT2D eigenvalue weighted by Crippen LogP contribution is -2.57. The maximum atomic E-state index is 9.61. The highest BCUT2D eigenvalue weighted by Crippen LogP contribution is 2.31. The smallest absolute Gasteiger partial charge is 0.292 e. The van der Waals surface area contributed by atoms with Crippen LogP contribution in [0.5, 0.6) is 0 Å². The van der Waals surface area contributed by atoms with E-state index in [2.05, 4.69) is 9.47 Å². The average molecular weight is 196 g/mol. The molecule has 0 aromatic carbocycles. The van der Waals surface area contributed by atoms with Gasteiger partial charge in [0.2, 0.25) is 0 Å². The molecule has 0 unspecified atom stereocenters. The summed E-state index contributed by atoms with van der Waals surface area (Å²) in [6.07, 6.45) is 0. The summed E-state index contributed by atoms with van der Waals surface area (Å²) in [6, 6.07) is 0. The number of ether oxygens (including phenoxy) is 2. The van der Waals surface area contributed by atoms with E-state index >= 15 is 0 Å². The Labute approximate surface area is 76.3 Å². The Morgan fingerprint density at radius 1 is 0.923 bits per heavy atom. The predicted octanol–water partition coefficient (Wildman–Crippen LogP) is -2.11. The summed E-state index contributed by atoms with van der Waals surface area (Å²) in [6.45, 7) is -2.01. The molecule has 0 radical (unpaired) electrons. The minimum atomic E-state index is -2.20. The monoisotopic (exact) mass is 196 g/mol. The van der Waals surface area contributed by atoms with Crippen molar-refractivity contribution in [3.05, 3.63) is 0 Å². The van der Waals surface area contributed by atoms with Crippen molar-refractivity contribution in [3.63, 3.8) is 0 Å². The fraction of sp³-hybridized carbons (Fsp3) is 1.00. The third kappa shape index (κ3) is 1.98. The van der Waals surface area contributed by atoms with Gasteiger partial charge in [0.15, 0.2) is 0 Å². The third-order valence-electron chi connectivity index (χ3n) is 2.13. The number of hydrogen-bond donors (Lipinski definition) is 4. The van der Waals surface area contributed by atoms with Crippen LogP contribution in [0.4, 0.5) is 0 Å². The van der Waals surface area contributed by atoms with Crippen LogP contribution in [0, 0.1) is 5.41 Å². The molecule has 0 saturated carbocycles. The first-order chi connectivity index (χ1) is 6.05. The molecule has 0 atom stereocenters. The van der Waals surface area contributed by atoms with E-state index in [4.69, 9.17) is 15.3 Å². The lowest BCUT2D eigenvalue weighted by molar-refractivity contribution is -0.409. The van der Waals surface area contributed by atoms with Crippen LogP contribution in [0.3, 0.4) is 0 Å². The fourth-order valence-corrected chi connectivity index (χ4v) is 0.966. The molecule has 0 fully saturated rings. The van der Waals surface area contributed by atoms with Gasteiger partial charge in [0.25, 0.3) is 5.97 Å². The largest absolute Gasteiger partial charge is 0.395 e. The Morgan fingerprint density at radius 2 is 1.23 bits per heavy atom. The highest BCUT2D eigenvalue weighted by molar-refractivity contribution is 4.85. The molecule has 0 spiro atoms. The van der Waals surface area contributed by atoms with E-state index < -0.39 is 31.2 Å². The van der Waals surface area contributed by atoms with Crippen molar-refractivity contribution in [2.45, 2.75) is 5.97 Å². The molecule has 0 bridgehead atoms. The quantitative estimate of drug-likeness (QED) is 0.363. The highest BCUT2D eigenvalue weighted by atomic mass is 16.8. The van der Waals surface area contributed by atoms with Crippen LogP contribution in [0.1, 0.15) is 0 Å². The van der Waals surface area contributed by atoms with Gasteiger partial charge in [-0.05, 0) is 0 Å². The number of hydrogen-bond acceptors (Lipinski definition) is 6. The number of methoxy groups -OCH3 is 2. The highest BCUT2D eigenvalue weighted by Gasteiger charge is 2.51. The predicted molar refractivity (Wildman–Crippen MR) is 42.7 cm³/mol. The second kappa shape index (κ2) is 4.85. The Kier molecular flexibility index (Phi) is 4.76. The van der Waals surface area contributed by atoms with Gasteiger partial charge in [-0.15, -0.1) is 0 Å². The zero-order valence-corrected chi connectivity index (χ0v) is 7.73. The van der Waals surface area contributed by atoms with Crippen molar-refractivity contribution in [3.8, 4) is 0 Å². The van der Waals surface area contributed by atoms with Gasteiger partial charge in [-0.3, -0.25) is 0 Å². The van der Waals surface area contributed by atoms with E-state index in [1.165, 1.54) is 0 Å². The molecule has 0 aliphatic heterocycles. The Balaban J connectivity index is 4.87. The maximum absolute atomic E-state index is 9.61.